The number of hydrogen-bond donors (Lipinski definition) is 1. The van der Waals surface area contributed by atoms with Gasteiger partial charge in [-0.05, 0) is 34.2 Å². The Kier molecular flexibility index (Phi) is 4.31. The van der Waals surface area contributed by atoms with Crippen LogP contribution >= 0.6 is 15.9 Å². The third-order valence-electron chi connectivity index (χ3n) is 3.35. The minimum Gasteiger partial charge on any atom is -0.384 e. The van der Waals surface area contributed by atoms with Crippen LogP contribution in [0, 0.1) is 5.82 Å². The molecule has 0 aliphatic carbocycles. The number of halogens is 2. The Morgan fingerprint density at radius 1 is 1.05 bits per heavy atom. The summed E-state index contributed by atoms with van der Waals surface area (Å²) in [5.41, 5.74) is 2.76. The second-order valence-electron chi connectivity index (χ2n) is 5.94. The minimum absolute atomic E-state index is 0.0833. The fourth-order valence-corrected chi connectivity index (χ4v) is 2.64. The highest BCUT2D eigenvalue weighted by Gasteiger charge is 2.17. The molecule has 0 spiro atoms. The van der Waals surface area contributed by atoms with Crippen molar-refractivity contribution < 1.29 is 9.50 Å². The van der Waals surface area contributed by atoms with Crippen molar-refractivity contribution >= 4 is 15.9 Å². The van der Waals surface area contributed by atoms with E-state index in [0.717, 1.165) is 5.56 Å². The highest BCUT2D eigenvalue weighted by Crippen LogP contribution is 2.30. The summed E-state index contributed by atoms with van der Waals surface area (Å²) in [6.07, 6.45) is -0.765. The van der Waals surface area contributed by atoms with Crippen molar-refractivity contribution in [2.45, 2.75) is 32.3 Å². The highest BCUT2D eigenvalue weighted by molar-refractivity contribution is 9.10. The average Bonchev–Trinajstić information content (AvgIpc) is 2.37. The molecular formula is C17H18BrFO. The van der Waals surface area contributed by atoms with E-state index in [2.05, 4.69) is 36.7 Å². The molecule has 2 aromatic rings. The Labute approximate surface area is 127 Å². The summed E-state index contributed by atoms with van der Waals surface area (Å²) in [5.74, 6) is -0.323. The van der Waals surface area contributed by atoms with Gasteiger partial charge < -0.3 is 5.11 Å². The van der Waals surface area contributed by atoms with Crippen LogP contribution in [-0.4, -0.2) is 5.11 Å². The second kappa shape index (κ2) is 5.66. The molecule has 2 rings (SSSR count). The van der Waals surface area contributed by atoms with Gasteiger partial charge in [0.25, 0.3) is 0 Å². The van der Waals surface area contributed by atoms with E-state index in [-0.39, 0.29) is 11.2 Å². The predicted molar refractivity (Wildman–Crippen MR) is 83.3 cm³/mol. The van der Waals surface area contributed by atoms with E-state index in [1.807, 2.05) is 24.3 Å². The zero-order chi connectivity index (χ0) is 14.9. The molecule has 3 heteroatoms. The molecule has 0 saturated heterocycles. The Balaban J connectivity index is 2.31. The molecule has 0 heterocycles. The van der Waals surface area contributed by atoms with Crippen LogP contribution in [0.3, 0.4) is 0 Å². The summed E-state index contributed by atoms with van der Waals surface area (Å²) >= 11 is 3.29. The van der Waals surface area contributed by atoms with Gasteiger partial charge in [-0.3, -0.25) is 0 Å². The summed E-state index contributed by atoms with van der Waals surface area (Å²) in [6.45, 7) is 6.44. The Hall–Kier alpha value is -1.19. The van der Waals surface area contributed by atoms with Gasteiger partial charge in [-0.1, -0.05) is 67.0 Å². The number of hydrogen-bond acceptors (Lipinski definition) is 1. The molecule has 1 nitrogen and oxygen atoms in total. The van der Waals surface area contributed by atoms with Gasteiger partial charge in [-0.2, -0.15) is 0 Å². The normalized spacial score (nSPS) is 13.3. The topological polar surface area (TPSA) is 20.2 Å². The van der Waals surface area contributed by atoms with Crippen LogP contribution in [0.5, 0.6) is 0 Å². The van der Waals surface area contributed by atoms with Crippen molar-refractivity contribution in [1.82, 2.24) is 0 Å². The largest absolute Gasteiger partial charge is 0.384 e. The maximum Gasteiger partial charge on any atom is 0.124 e. The van der Waals surface area contributed by atoms with Gasteiger partial charge in [0, 0.05) is 4.47 Å². The summed E-state index contributed by atoms with van der Waals surface area (Å²) in [6, 6.07) is 12.2. The Morgan fingerprint density at radius 2 is 1.65 bits per heavy atom. The average molecular weight is 337 g/mol. The first-order valence-corrected chi connectivity index (χ1v) is 7.32. The van der Waals surface area contributed by atoms with Gasteiger partial charge in [-0.15, -0.1) is 0 Å². The number of aliphatic hydroxyl groups excluding tert-OH is 1. The van der Waals surface area contributed by atoms with E-state index in [1.165, 1.54) is 17.7 Å². The predicted octanol–water partition coefficient (Wildman–Crippen LogP) is 4.97. The molecule has 0 aliphatic heterocycles. The molecule has 2 aromatic carbocycles. The van der Waals surface area contributed by atoms with Crippen molar-refractivity contribution in [3.05, 3.63) is 69.4 Å². The van der Waals surface area contributed by atoms with Crippen molar-refractivity contribution in [2.75, 3.05) is 0 Å². The van der Waals surface area contributed by atoms with Gasteiger partial charge in [0.1, 0.15) is 11.9 Å². The maximum atomic E-state index is 13.1. The van der Waals surface area contributed by atoms with Crippen LogP contribution in [0.4, 0.5) is 4.39 Å². The SMILES string of the molecule is CC(C)(C)c1ccc(C(O)c2ccc(F)cc2Br)cc1. The lowest BCUT2D eigenvalue weighted by atomic mass is 9.86. The Morgan fingerprint density at radius 3 is 2.15 bits per heavy atom. The molecule has 0 fully saturated rings. The molecule has 0 radical (unpaired) electrons. The van der Waals surface area contributed by atoms with Gasteiger partial charge in [0.2, 0.25) is 0 Å². The fourth-order valence-electron chi connectivity index (χ4n) is 2.07. The van der Waals surface area contributed by atoms with Gasteiger partial charge in [0.15, 0.2) is 0 Å². The van der Waals surface area contributed by atoms with E-state index in [4.69, 9.17) is 0 Å². The smallest absolute Gasteiger partial charge is 0.124 e. The first kappa shape index (κ1) is 15.2. The molecule has 0 aliphatic rings. The van der Waals surface area contributed by atoms with E-state index in [0.29, 0.717) is 10.0 Å². The summed E-state index contributed by atoms with van der Waals surface area (Å²) in [4.78, 5) is 0. The second-order valence-corrected chi connectivity index (χ2v) is 6.79. The molecule has 0 saturated carbocycles. The fraction of sp³-hybridized carbons (Fsp3) is 0.294. The molecule has 0 bridgehead atoms. The van der Waals surface area contributed by atoms with Crippen molar-refractivity contribution in [1.29, 1.82) is 0 Å². The van der Waals surface area contributed by atoms with Gasteiger partial charge in [-0.25, -0.2) is 4.39 Å². The van der Waals surface area contributed by atoms with Crippen molar-refractivity contribution in [3.8, 4) is 0 Å². The van der Waals surface area contributed by atoms with Crippen LogP contribution in [0.2, 0.25) is 0 Å². The van der Waals surface area contributed by atoms with Crippen LogP contribution in [0.1, 0.15) is 43.6 Å². The molecule has 1 N–H and O–H groups in total. The van der Waals surface area contributed by atoms with Gasteiger partial charge in [0.05, 0.1) is 0 Å². The number of rotatable bonds is 2. The lowest BCUT2D eigenvalue weighted by Gasteiger charge is -2.20. The first-order valence-electron chi connectivity index (χ1n) is 6.52. The molecule has 1 unspecified atom stereocenters. The summed E-state index contributed by atoms with van der Waals surface area (Å²) in [7, 11) is 0. The maximum absolute atomic E-state index is 13.1. The third kappa shape index (κ3) is 3.28. The van der Waals surface area contributed by atoms with Crippen LogP contribution in [0.25, 0.3) is 0 Å². The lowest BCUT2D eigenvalue weighted by molar-refractivity contribution is 0.219. The summed E-state index contributed by atoms with van der Waals surface area (Å²) in [5, 5.41) is 10.4. The van der Waals surface area contributed by atoms with Gasteiger partial charge >= 0.3 is 0 Å². The zero-order valence-electron chi connectivity index (χ0n) is 11.8. The monoisotopic (exact) mass is 336 g/mol. The lowest BCUT2D eigenvalue weighted by Crippen LogP contribution is -2.11. The Bertz CT molecular complexity index is 599. The van der Waals surface area contributed by atoms with Crippen molar-refractivity contribution in [3.63, 3.8) is 0 Å². The minimum atomic E-state index is -0.765. The summed E-state index contributed by atoms with van der Waals surface area (Å²) < 4.78 is 13.7. The molecule has 20 heavy (non-hydrogen) atoms. The van der Waals surface area contributed by atoms with E-state index in [9.17, 15) is 9.50 Å². The number of aliphatic hydroxyl groups is 1. The molecule has 0 amide bonds. The standard InChI is InChI=1S/C17H18BrFO/c1-17(2,3)12-6-4-11(5-7-12)16(20)14-9-8-13(19)10-15(14)18/h4-10,16,20H,1-3H3. The third-order valence-corrected chi connectivity index (χ3v) is 4.04. The molecule has 1 atom stereocenters. The first-order chi connectivity index (χ1) is 9.29. The van der Waals surface area contributed by atoms with E-state index >= 15 is 0 Å². The van der Waals surface area contributed by atoms with Crippen LogP contribution < -0.4 is 0 Å². The zero-order valence-corrected chi connectivity index (χ0v) is 13.4. The van der Waals surface area contributed by atoms with E-state index in [1.54, 1.807) is 6.07 Å². The van der Waals surface area contributed by atoms with Crippen molar-refractivity contribution in [2.24, 2.45) is 0 Å². The quantitative estimate of drug-likeness (QED) is 0.821. The number of benzene rings is 2. The highest BCUT2D eigenvalue weighted by atomic mass is 79.9. The molecule has 0 aromatic heterocycles. The van der Waals surface area contributed by atoms with E-state index < -0.39 is 6.10 Å². The van der Waals surface area contributed by atoms with Crippen LogP contribution in [0.15, 0.2) is 46.9 Å². The molecular weight excluding hydrogens is 319 g/mol. The van der Waals surface area contributed by atoms with Crippen LogP contribution in [-0.2, 0) is 5.41 Å². The molecule has 106 valence electrons.